The summed E-state index contributed by atoms with van der Waals surface area (Å²) in [6.07, 6.45) is 17.2. The normalized spacial score (nSPS) is 17.5. The molecule has 1 fully saturated rings. The van der Waals surface area contributed by atoms with Crippen LogP contribution in [-0.2, 0) is 6.42 Å². The molecule has 0 unspecified atom stereocenters. The molecule has 3 rings (SSSR count). The first-order valence-corrected chi connectivity index (χ1v) is 13.5. The molecule has 0 atom stereocenters. The molecule has 174 valence electrons. The van der Waals surface area contributed by atoms with Crippen molar-refractivity contribution < 1.29 is 0 Å². The Labute approximate surface area is 203 Å². The Morgan fingerprint density at radius 1 is 0.606 bits per heavy atom. The molecular formula is C33H42. The standard InChI is InChI=1S/C33H42/c1-3-5-6-7-8-9-11-29-14-18-31(19-15-29)21-23-33-26-24-32(25-27-33)22-20-30-16-12-28(10-4-2)13-17-30/h14-15,18-19,24-28,30H,3-8,10,12-13,16-17,20,22H2,1-2H3/t28-,30-. The molecule has 0 saturated heterocycles. The third-order valence-corrected chi connectivity index (χ3v) is 7.08. The van der Waals surface area contributed by atoms with E-state index in [4.69, 9.17) is 0 Å². The minimum Gasteiger partial charge on any atom is -0.0979 e. The molecule has 2 aromatic carbocycles. The Bertz CT molecular complexity index is 916. The van der Waals surface area contributed by atoms with Gasteiger partial charge in [-0.05, 0) is 73.1 Å². The lowest BCUT2D eigenvalue weighted by atomic mass is 9.78. The average molecular weight is 439 g/mol. The number of unbranched alkanes of at least 4 members (excludes halogenated alkanes) is 4. The first kappa shape index (κ1) is 25.2. The molecule has 1 aliphatic carbocycles. The van der Waals surface area contributed by atoms with E-state index in [1.54, 1.807) is 0 Å². The maximum atomic E-state index is 3.32. The van der Waals surface area contributed by atoms with E-state index in [0.717, 1.165) is 34.9 Å². The molecule has 0 heteroatoms. The lowest BCUT2D eigenvalue weighted by Gasteiger charge is -2.28. The highest BCUT2D eigenvalue weighted by molar-refractivity contribution is 5.46. The van der Waals surface area contributed by atoms with Gasteiger partial charge in [0.15, 0.2) is 0 Å². The third kappa shape index (κ3) is 9.52. The van der Waals surface area contributed by atoms with E-state index in [1.807, 2.05) is 0 Å². The van der Waals surface area contributed by atoms with Gasteiger partial charge in [-0.15, -0.1) is 0 Å². The third-order valence-electron chi connectivity index (χ3n) is 7.08. The van der Waals surface area contributed by atoms with E-state index in [9.17, 15) is 0 Å². The molecule has 0 bridgehead atoms. The monoisotopic (exact) mass is 438 g/mol. The van der Waals surface area contributed by atoms with Gasteiger partial charge in [-0.2, -0.15) is 0 Å². The topological polar surface area (TPSA) is 0 Å². The summed E-state index contributed by atoms with van der Waals surface area (Å²) < 4.78 is 0. The summed E-state index contributed by atoms with van der Waals surface area (Å²) >= 11 is 0. The van der Waals surface area contributed by atoms with Gasteiger partial charge in [-0.3, -0.25) is 0 Å². The van der Waals surface area contributed by atoms with Crippen LogP contribution in [0.1, 0.15) is 113 Å². The van der Waals surface area contributed by atoms with Crippen molar-refractivity contribution in [2.24, 2.45) is 11.8 Å². The van der Waals surface area contributed by atoms with Gasteiger partial charge in [-0.1, -0.05) is 107 Å². The summed E-state index contributed by atoms with van der Waals surface area (Å²) in [5, 5.41) is 0. The van der Waals surface area contributed by atoms with Crippen molar-refractivity contribution in [3.63, 3.8) is 0 Å². The van der Waals surface area contributed by atoms with E-state index in [1.165, 1.54) is 82.6 Å². The highest BCUT2D eigenvalue weighted by Gasteiger charge is 2.20. The molecule has 0 heterocycles. The van der Waals surface area contributed by atoms with Crippen LogP contribution in [0.3, 0.4) is 0 Å². The highest BCUT2D eigenvalue weighted by Crippen LogP contribution is 2.33. The zero-order chi connectivity index (χ0) is 23.1. The van der Waals surface area contributed by atoms with E-state index < -0.39 is 0 Å². The van der Waals surface area contributed by atoms with Gasteiger partial charge in [-0.25, -0.2) is 0 Å². The number of hydrogen-bond donors (Lipinski definition) is 0. The molecular weight excluding hydrogens is 396 g/mol. The van der Waals surface area contributed by atoms with Gasteiger partial charge >= 0.3 is 0 Å². The van der Waals surface area contributed by atoms with Crippen molar-refractivity contribution in [1.82, 2.24) is 0 Å². The van der Waals surface area contributed by atoms with Gasteiger partial charge in [0.25, 0.3) is 0 Å². The van der Waals surface area contributed by atoms with Crippen molar-refractivity contribution in [2.45, 2.75) is 97.3 Å². The molecule has 0 nitrogen and oxygen atoms in total. The van der Waals surface area contributed by atoms with Crippen molar-refractivity contribution in [3.05, 3.63) is 70.8 Å². The summed E-state index contributed by atoms with van der Waals surface area (Å²) in [5.41, 5.74) is 4.68. The molecule has 1 aliphatic rings. The van der Waals surface area contributed by atoms with Crippen LogP contribution >= 0.6 is 0 Å². The minimum absolute atomic E-state index is 0.936. The van der Waals surface area contributed by atoms with Crippen molar-refractivity contribution in [2.75, 3.05) is 0 Å². The second-order valence-electron chi connectivity index (χ2n) is 9.85. The van der Waals surface area contributed by atoms with Gasteiger partial charge in [0.05, 0.1) is 0 Å². The van der Waals surface area contributed by atoms with Crippen LogP contribution in [0.5, 0.6) is 0 Å². The van der Waals surface area contributed by atoms with Crippen molar-refractivity contribution in [3.8, 4) is 23.7 Å². The van der Waals surface area contributed by atoms with Crippen molar-refractivity contribution >= 4 is 0 Å². The van der Waals surface area contributed by atoms with Gasteiger partial charge in [0.1, 0.15) is 0 Å². The van der Waals surface area contributed by atoms with E-state index >= 15 is 0 Å². The first-order valence-electron chi connectivity index (χ1n) is 13.5. The van der Waals surface area contributed by atoms with Crippen LogP contribution in [0.15, 0.2) is 48.5 Å². The summed E-state index contributed by atoms with van der Waals surface area (Å²) in [6, 6.07) is 17.2. The zero-order valence-corrected chi connectivity index (χ0v) is 21.0. The van der Waals surface area contributed by atoms with E-state index in [-0.39, 0.29) is 0 Å². The lowest BCUT2D eigenvalue weighted by molar-refractivity contribution is 0.252. The molecule has 2 aromatic rings. The van der Waals surface area contributed by atoms with Gasteiger partial charge < -0.3 is 0 Å². The second kappa shape index (κ2) is 14.7. The predicted molar refractivity (Wildman–Crippen MR) is 143 cm³/mol. The number of rotatable bonds is 9. The fourth-order valence-electron chi connectivity index (χ4n) is 4.93. The summed E-state index contributed by atoms with van der Waals surface area (Å²) in [5.74, 6) is 15.1. The SMILES string of the molecule is CCCCCCC#Cc1ccc(C#Cc2ccc(CC[C@H]3CC[C@H](CCC)CC3)cc2)cc1. The van der Waals surface area contributed by atoms with Crippen molar-refractivity contribution in [1.29, 1.82) is 0 Å². The maximum absolute atomic E-state index is 3.32. The number of hydrogen-bond acceptors (Lipinski definition) is 0. The first-order chi connectivity index (χ1) is 16.3. The smallest absolute Gasteiger partial charge is 0.0249 e. The quantitative estimate of drug-likeness (QED) is 0.271. The zero-order valence-electron chi connectivity index (χ0n) is 21.0. The molecule has 33 heavy (non-hydrogen) atoms. The van der Waals surface area contributed by atoms with Crippen LogP contribution in [0, 0.1) is 35.5 Å². The summed E-state index contributed by atoms with van der Waals surface area (Å²) in [7, 11) is 0. The average Bonchev–Trinajstić information content (AvgIpc) is 2.86. The Morgan fingerprint density at radius 2 is 1.15 bits per heavy atom. The summed E-state index contributed by atoms with van der Waals surface area (Å²) in [4.78, 5) is 0. The van der Waals surface area contributed by atoms with E-state index in [2.05, 4.69) is 86.1 Å². The fourth-order valence-corrected chi connectivity index (χ4v) is 4.93. The molecule has 0 aliphatic heterocycles. The summed E-state index contributed by atoms with van der Waals surface area (Å²) in [6.45, 7) is 4.56. The maximum Gasteiger partial charge on any atom is 0.0249 e. The molecule has 0 amide bonds. The predicted octanol–water partition coefficient (Wildman–Crippen LogP) is 8.95. The molecule has 0 radical (unpaired) electrons. The molecule has 0 aromatic heterocycles. The van der Waals surface area contributed by atoms with Crippen LogP contribution in [0.25, 0.3) is 0 Å². The highest BCUT2D eigenvalue weighted by atomic mass is 14.3. The largest absolute Gasteiger partial charge is 0.0979 e. The van der Waals surface area contributed by atoms with Crippen LogP contribution in [0.4, 0.5) is 0 Å². The number of aryl methyl sites for hydroxylation is 1. The van der Waals surface area contributed by atoms with Gasteiger partial charge in [0, 0.05) is 23.1 Å². The Kier molecular flexibility index (Phi) is 11.2. The van der Waals surface area contributed by atoms with Crippen LogP contribution < -0.4 is 0 Å². The minimum atomic E-state index is 0.936. The second-order valence-corrected chi connectivity index (χ2v) is 9.85. The van der Waals surface area contributed by atoms with E-state index in [0.29, 0.717) is 0 Å². The van der Waals surface area contributed by atoms with Crippen LogP contribution in [0.2, 0.25) is 0 Å². The lowest BCUT2D eigenvalue weighted by Crippen LogP contribution is -2.15. The molecule has 0 N–H and O–H groups in total. The van der Waals surface area contributed by atoms with Crippen LogP contribution in [-0.4, -0.2) is 0 Å². The number of benzene rings is 2. The molecule has 0 spiro atoms. The Morgan fingerprint density at radius 3 is 1.73 bits per heavy atom. The molecule has 1 saturated carbocycles. The Balaban J connectivity index is 1.42. The van der Waals surface area contributed by atoms with Gasteiger partial charge in [0.2, 0.25) is 0 Å². The fraction of sp³-hybridized carbons (Fsp3) is 0.515. The Hall–Kier alpha value is -2.44.